The smallest absolute Gasteiger partial charge is 0.134 e. The first kappa shape index (κ1) is 22.3. The summed E-state index contributed by atoms with van der Waals surface area (Å²) in [6.45, 7) is 2.98. The standard InChI is InChI=1S/C30H37NO3/c1-33-26-11-5-10-24-19-27-30(34-18-6-9-22-7-3-2-4-8-22)15-14-25(32)20-29(30,28(24)26)16-17-31(27)21-23-12-13-23/h2-5,7-8,10-11,23,27H,6,9,12-21H2,1H3/t27?,29-,30+/m0/s1. The van der Waals surface area contributed by atoms with E-state index in [4.69, 9.17) is 9.47 Å². The second-order valence-corrected chi connectivity index (χ2v) is 11.0. The van der Waals surface area contributed by atoms with Crippen LogP contribution in [0.15, 0.2) is 48.5 Å². The Balaban J connectivity index is 1.37. The number of hydrogen-bond acceptors (Lipinski definition) is 4. The third-order valence-electron chi connectivity index (χ3n) is 9.12. The van der Waals surface area contributed by atoms with Crippen LogP contribution in [0.25, 0.3) is 0 Å². The van der Waals surface area contributed by atoms with Crippen LogP contribution < -0.4 is 4.74 Å². The fourth-order valence-corrected chi connectivity index (χ4v) is 7.43. The number of ether oxygens (including phenoxy) is 2. The maximum atomic E-state index is 13.0. The van der Waals surface area contributed by atoms with Crippen LogP contribution in [0.1, 0.15) is 61.6 Å². The zero-order chi connectivity index (χ0) is 23.2. The first-order valence-electron chi connectivity index (χ1n) is 13.3. The van der Waals surface area contributed by atoms with Gasteiger partial charge in [0.15, 0.2) is 0 Å². The molecule has 0 radical (unpaired) electrons. The predicted molar refractivity (Wildman–Crippen MR) is 133 cm³/mol. The van der Waals surface area contributed by atoms with Crippen LogP contribution in [0, 0.1) is 5.92 Å². The summed E-state index contributed by atoms with van der Waals surface area (Å²) in [5, 5.41) is 0. The Kier molecular flexibility index (Phi) is 5.77. The molecule has 4 aliphatic rings. The fourth-order valence-electron chi connectivity index (χ4n) is 7.43. The summed E-state index contributed by atoms with van der Waals surface area (Å²) in [4.78, 5) is 15.8. The van der Waals surface area contributed by atoms with Crippen molar-refractivity contribution in [3.05, 3.63) is 65.2 Å². The summed E-state index contributed by atoms with van der Waals surface area (Å²) < 4.78 is 13.1. The van der Waals surface area contributed by atoms with Gasteiger partial charge in [0.05, 0.1) is 12.7 Å². The summed E-state index contributed by atoms with van der Waals surface area (Å²) >= 11 is 0. The molecule has 1 aliphatic heterocycles. The summed E-state index contributed by atoms with van der Waals surface area (Å²) in [7, 11) is 1.77. The Morgan fingerprint density at radius 1 is 1.06 bits per heavy atom. The van der Waals surface area contributed by atoms with E-state index in [0.29, 0.717) is 24.7 Å². The molecule has 2 bridgehead atoms. The molecule has 4 nitrogen and oxygen atoms in total. The van der Waals surface area contributed by atoms with Gasteiger partial charge in [0.2, 0.25) is 0 Å². The van der Waals surface area contributed by atoms with Gasteiger partial charge < -0.3 is 9.47 Å². The number of Topliss-reactive ketones (excluding diaryl/α,β-unsaturated/α-hetero) is 1. The average molecular weight is 460 g/mol. The number of fused-ring (bicyclic) bond motifs is 1. The Bertz CT molecular complexity index is 1050. The van der Waals surface area contributed by atoms with Crippen LogP contribution in [0.5, 0.6) is 5.75 Å². The summed E-state index contributed by atoms with van der Waals surface area (Å²) in [5.41, 5.74) is 3.41. The predicted octanol–water partition coefficient (Wildman–Crippen LogP) is 5.11. The molecule has 0 N–H and O–H groups in total. The van der Waals surface area contributed by atoms with E-state index < -0.39 is 0 Å². The quantitative estimate of drug-likeness (QED) is 0.514. The van der Waals surface area contributed by atoms with Gasteiger partial charge in [0.25, 0.3) is 0 Å². The Morgan fingerprint density at radius 2 is 1.91 bits per heavy atom. The van der Waals surface area contributed by atoms with Crippen molar-refractivity contribution in [2.75, 3.05) is 26.8 Å². The van der Waals surface area contributed by atoms with Gasteiger partial charge >= 0.3 is 0 Å². The van der Waals surface area contributed by atoms with Gasteiger partial charge in [-0.2, -0.15) is 0 Å². The topological polar surface area (TPSA) is 38.8 Å². The number of nitrogens with zero attached hydrogens (tertiary/aromatic N) is 1. The zero-order valence-corrected chi connectivity index (χ0v) is 20.4. The second-order valence-electron chi connectivity index (χ2n) is 11.0. The molecule has 3 atom stereocenters. The van der Waals surface area contributed by atoms with E-state index in [1.54, 1.807) is 7.11 Å². The maximum absolute atomic E-state index is 13.0. The lowest BCUT2D eigenvalue weighted by molar-refractivity contribution is -0.201. The minimum absolute atomic E-state index is 0.278. The molecule has 0 spiro atoms. The van der Waals surface area contributed by atoms with Crippen molar-refractivity contribution in [2.24, 2.45) is 5.92 Å². The number of benzene rings is 2. The Hall–Kier alpha value is -2.17. The number of rotatable bonds is 8. The lowest BCUT2D eigenvalue weighted by atomic mass is 9.49. The second kappa shape index (κ2) is 8.80. The first-order valence-corrected chi connectivity index (χ1v) is 13.3. The van der Waals surface area contributed by atoms with Crippen molar-refractivity contribution in [3.8, 4) is 5.75 Å². The largest absolute Gasteiger partial charge is 0.496 e. The van der Waals surface area contributed by atoms with Crippen molar-refractivity contribution < 1.29 is 14.3 Å². The van der Waals surface area contributed by atoms with Gasteiger partial charge in [-0.15, -0.1) is 0 Å². The Labute approximate surface area is 203 Å². The molecule has 1 saturated heterocycles. The summed E-state index contributed by atoms with van der Waals surface area (Å²) in [6, 6.07) is 17.5. The number of aryl methyl sites for hydroxylation is 1. The molecule has 1 heterocycles. The third kappa shape index (κ3) is 3.61. The number of ketones is 1. The number of methoxy groups -OCH3 is 1. The third-order valence-corrected chi connectivity index (χ3v) is 9.12. The molecule has 2 aromatic carbocycles. The van der Waals surface area contributed by atoms with E-state index >= 15 is 0 Å². The van der Waals surface area contributed by atoms with Crippen molar-refractivity contribution in [3.63, 3.8) is 0 Å². The highest BCUT2D eigenvalue weighted by molar-refractivity contribution is 5.83. The van der Waals surface area contributed by atoms with E-state index in [1.807, 2.05) is 0 Å². The minimum atomic E-state index is -0.313. The molecular weight excluding hydrogens is 422 g/mol. The first-order chi connectivity index (χ1) is 16.6. The van der Waals surface area contributed by atoms with Gasteiger partial charge in [-0.25, -0.2) is 0 Å². The molecule has 180 valence electrons. The molecular formula is C30H37NO3. The average Bonchev–Trinajstić information content (AvgIpc) is 3.68. The van der Waals surface area contributed by atoms with Crippen LogP contribution in [-0.2, 0) is 27.8 Å². The molecule has 0 aromatic heterocycles. The maximum Gasteiger partial charge on any atom is 0.134 e. The number of piperidine rings is 1. The monoisotopic (exact) mass is 459 g/mol. The van der Waals surface area contributed by atoms with Crippen LogP contribution in [-0.4, -0.2) is 49.1 Å². The number of carbonyl (C=O) groups is 1. The number of carbonyl (C=O) groups excluding carboxylic acids is 1. The SMILES string of the molecule is COc1cccc2c1[C@@]13CCN(CC4CC4)C(C2)[C@]1(OCCCc1ccccc1)CCC(=O)C3. The molecule has 2 aromatic rings. The lowest BCUT2D eigenvalue weighted by Gasteiger charge is -2.65. The van der Waals surface area contributed by atoms with E-state index in [-0.39, 0.29) is 11.0 Å². The van der Waals surface area contributed by atoms with Crippen LogP contribution in [0.4, 0.5) is 0 Å². The van der Waals surface area contributed by atoms with E-state index in [9.17, 15) is 4.79 Å². The van der Waals surface area contributed by atoms with Crippen LogP contribution >= 0.6 is 0 Å². The van der Waals surface area contributed by atoms with Crippen LogP contribution in [0.2, 0.25) is 0 Å². The van der Waals surface area contributed by atoms with Crippen molar-refractivity contribution >= 4 is 5.78 Å². The molecule has 2 saturated carbocycles. The molecule has 6 rings (SSSR count). The highest BCUT2D eigenvalue weighted by Crippen LogP contribution is 2.61. The van der Waals surface area contributed by atoms with Crippen molar-refractivity contribution in [1.29, 1.82) is 0 Å². The Morgan fingerprint density at radius 3 is 2.71 bits per heavy atom. The van der Waals surface area contributed by atoms with E-state index in [1.165, 1.54) is 36.1 Å². The molecule has 3 fully saturated rings. The van der Waals surface area contributed by atoms with Gasteiger partial charge in [-0.1, -0.05) is 42.5 Å². The fraction of sp³-hybridized carbons (Fsp3) is 0.567. The molecule has 34 heavy (non-hydrogen) atoms. The molecule has 3 aliphatic carbocycles. The van der Waals surface area contributed by atoms with E-state index in [0.717, 1.165) is 56.9 Å². The van der Waals surface area contributed by atoms with Gasteiger partial charge in [-0.05, 0) is 74.6 Å². The van der Waals surface area contributed by atoms with Crippen molar-refractivity contribution in [1.82, 2.24) is 4.90 Å². The number of hydrogen-bond donors (Lipinski definition) is 0. The number of likely N-dealkylation sites (tertiary alicyclic amines) is 1. The van der Waals surface area contributed by atoms with E-state index in [2.05, 4.69) is 53.4 Å². The molecule has 0 amide bonds. The lowest BCUT2D eigenvalue weighted by Crippen LogP contribution is -2.74. The van der Waals surface area contributed by atoms with Gasteiger partial charge in [-0.3, -0.25) is 9.69 Å². The summed E-state index contributed by atoms with van der Waals surface area (Å²) in [6.07, 6.45) is 8.79. The van der Waals surface area contributed by atoms with Gasteiger partial charge in [0, 0.05) is 43.0 Å². The highest BCUT2D eigenvalue weighted by atomic mass is 16.5. The normalized spacial score (nSPS) is 30.5. The van der Waals surface area contributed by atoms with Crippen LogP contribution in [0.3, 0.4) is 0 Å². The zero-order valence-electron chi connectivity index (χ0n) is 20.4. The molecule has 4 heteroatoms. The highest BCUT2D eigenvalue weighted by Gasteiger charge is 2.67. The van der Waals surface area contributed by atoms with Crippen molar-refractivity contribution in [2.45, 2.75) is 74.8 Å². The minimum Gasteiger partial charge on any atom is -0.496 e. The van der Waals surface area contributed by atoms with Gasteiger partial charge in [0.1, 0.15) is 11.5 Å². The molecule has 1 unspecified atom stereocenters. The summed E-state index contributed by atoms with van der Waals surface area (Å²) in [5.74, 6) is 2.18.